The Labute approximate surface area is 210 Å². The molecule has 8 heteroatoms. The van der Waals surface area contributed by atoms with Crippen LogP contribution in [0.4, 0.5) is 17.3 Å². The number of amides is 2. The largest absolute Gasteiger partial charge is 0.325 e. The van der Waals surface area contributed by atoms with Crippen molar-refractivity contribution in [3.8, 4) is 0 Å². The molecule has 4 rings (SSSR count). The molecule has 0 radical (unpaired) electrons. The van der Waals surface area contributed by atoms with E-state index in [1.54, 1.807) is 67.0 Å². The van der Waals surface area contributed by atoms with Gasteiger partial charge >= 0.3 is 0 Å². The molecule has 0 aliphatic heterocycles. The van der Waals surface area contributed by atoms with Gasteiger partial charge in [-0.2, -0.15) is 0 Å². The van der Waals surface area contributed by atoms with E-state index in [-0.39, 0.29) is 18.2 Å². The standard InChI is InChI=1S/C28H28N6O2/c29-23(18-20-9-2-1-3-10-20)27(35)33-22-12-8-11-21(17-22)19-24(30)28(36)34(25-13-4-6-15-31-25)26-14-5-7-16-32-26/h1-17,23-24H,18-19,29-30H2,(H,33,35)/t23-,24-/m0/s1. The average Bonchev–Trinajstić information content (AvgIpc) is 2.91. The molecule has 0 bridgehead atoms. The summed E-state index contributed by atoms with van der Waals surface area (Å²) in [5.74, 6) is 0.245. The van der Waals surface area contributed by atoms with E-state index in [2.05, 4.69) is 15.3 Å². The number of anilines is 3. The van der Waals surface area contributed by atoms with E-state index < -0.39 is 12.1 Å². The smallest absolute Gasteiger partial charge is 0.251 e. The third kappa shape index (κ3) is 6.38. The molecule has 2 heterocycles. The fourth-order valence-corrected chi connectivity index (χ4v) is 3.79. The van der Waals surface area contributed by atoms with Crippen molar-refractivity contribution in [1.82, 2.24) is 9.97 Å². The number of carbonyl (C=O) groups is 2. The lowest BCUT2D eigenvalue weighted by Crippen LogP contribution is -2.43. The molecule has 2 aromatic carbocycles. The quantitative estimate of drug-likeness (QED) is 0.338. The zero-order chi connectivity index (χ0) is 25.3. The summed E-state index contributed by atoms with van der Waals surface area (Å²) in [5.41, 5.74) is 14.8. The highest BCUT2D eigenvalue weighted by Crippen LogP contribution is 2.22. The van der Waals surface area contributed by atoms with Crippen molar-refractivity contribution in [2.45, 2.75) is 24.9 Å². The second kappa shape index (κ2) is 11.8. The van der Waals surface area contributed by atoms with Gasteiger partial charge in [0.1, 0.15) is 11.6 Å². The Morgan fingerprint density at radius 3 is 1.92 bits per heavy atom. The number of carbonyl (C=O) groups excluding carboxylic acids is 2. The van der Waals surface area contributed by atoms with Crippen LogP contribution in [0.1, 0.15) is 11.1 Å². The van der Waals surface area contributed by atoms with Gasteiger partial charge in [0.05, 0.1) is 12.1 Å². The van der Waals surface area contributed by atoms with Crippen LogP contribution in [0.2, 0.25) is 0 Å². The van der Waals surface area contributed by atoms with Crippen molar-refractivity contribution in [2.75, 3.05) is 10.2 Å². The lowest BCUT2D eigenvalue weighted by Gasteiger charge is -2.24. The van der Waals surface area contributed by atoms with Crippen molar-refractivity contribution in [3.05, 3.63) is 115 Å². The van der Waals surface area contributed by atoms with E-state index in [1.165, 1.54) is 4.90 Å². The molecule has 182 valence electrons. The minimum absolute atomic E-state index is 0.259. The molecule has 2 amide bonds. The Morgan fingerprint density at radius 2 is 1.31 bits per heavy atom. The van der Waals surface area contributed by atoms with Crippen LogP contribution < -0.4 is 21.7 Å². The highest BCUT2D eigenvalue weighted by Gasteiger charge is 2.26. The summed E-state index contributed by atoms with van der Waals surface area (Å²) < 4.78 is 0. The molecule has 2 atom stereocenters. The maximum absolute atomic E-state index is 13.4. The van der Waals surface area contributed by atoms with Crippen LogP contribution in [0.15, 0.2) is 103 Å². The zero-order valence-corrected chi connectivity index (χ0v) is 19.7. The van der Waals surface area contributed by atoms with Crippen molar-refractivity contribution < 1.29 is 9.59 Å². The van der Waals surface area contributed by atoms with Crippen LogP contribution in [-0.4, -0.2) is 33.9 Å². The number of nitrogens with zero attached hydrogens (tertiary/aromatic N) is 3. The van der Waals surface area contributed by atoms with Gasteiger partial charge < -0.3 is 16.8 Å². The third-order valence-corrected chi connectivity index (χ3v) is 5.58. The zero-order valence-electron chi connectivity index (χ0n) is 19.7. The number of hydrogen-bond donors (Lipinski definition) is 3. The molecule has 5 N–H and O–H groups in total. The van der Waals surface area contributed by atoms with Crippen molar-refractivity contribution in [2.24, 2.45) is 11.5 Å². The molecule has 0 unspecified atom stereocenters. The molecule has 0 spiro atoms. The summed E-state index contributed by atoms with van der Waals surface area (Å²) >= 11 is 0. The van der Waals surface area contributed by atoms with Crippen LogP contribution in [0.3, 0.4) is 0 Å². The molecule has 36 heavy (non-hydrogen) atoms. The number of nitrogens with one attached hydrogen (secondary N) is 1. The minimum Gasteiger partial charge on any atom is -0.325 e. The number of aromatic nitrogens is 2. The first-order valence-electron chi connectivity index (χ1n) is 11.6. The molecule has 8 nitrogen and oxygen atoms in total. The first kappa shape index (κ1) is 24.7. The van der Waals surface area contributed by atoms with Crippen molar-refractivity contribution in [1.29, 1.82) is 0 Å². The Hall–Kier alpha value is -4.40. The van der Waals surface area contributed by atoms with Gasteiger partial charge in [0.2, 0.25) is 5.91 Å². The van der Waals surface area contributed by atoms with E-state index in [0.29, 0.717) is 23.7 Å². The summed E-state index contributed by atoms with van der Waals surface area (Å²) in [7, 11) is 0. The third-order valence-electron chi connectivity index (χ3n) is 5.58. The second-order valence-corrected chi connectivity index (χ2v) is 8.35. The fraction of sp³-hybridized carbons (Fsp3) is 0.143. The predicted octanol–water partition coefficient (Wildman–Crippen LogP) is 3.22. The average molecular weight is 481 g/mol. The molecule has 2 aromatic heterocycles. The Morgan fingerprint density at radius 1 is 0.722 bits per heavy atom. The Bertz CT molecular complexity index is 1250. The Balaban J connectivity index is 1.44. The monoisotopic (exact) mass is 480 g/mol. The van der Waals surface area contributed by atoms with E-state index >= 15 is 0 Å². The van der Waals surface area contributed by atoms with Gasteiger partial charge in [0.15, 0.2) is 0 Å². The molecule has 0 fully saturated rings. The topological polar surface area (TPSA) is 127 Å². The first-order valence-corrected chi connectivity index (χ1v) is 11.6. The molecule has 0 aliphatic rings. The van der Waals surface area contributed by atoms with Gasteiger partial charge in [-0.25, -0.2) is 14.9 Å². The fourth-order valence-electron chi connectivity index (χ4n) is 3.79. The van der Waals surface area contributed by atoms with Crippen LogP contribution in [0.25, 0.3) is 0 Å². The first-order chi connectivity index (χ1) is 17.5. The van der Waals surface area contributed by atoms with Crippen molar-refractivity contribution >= 4 is 29.1 Å². The molecule has 0 saturated heterocycles. The molecule has 4 aromatic rings. The lowest BCUT2D eigenvalue weighted by atomic mass is 10.0. The summed E-state index contributed by atoms with van der Waals surface area (Å²) in [4.78, 5) is 36.1. The highest BCUT2D eigenvalue weighted by atomic mass is 16.2. The van der Waals surface area contributed by atoms with Gasteiger partial charge in [-0.3, -0.25) is 9.59 Å². The van der Waals surface area contributed by atoms with Gasteiger partial charge in [-0.1, -0.05) is 54.6 Å². The molecule has 0 aliphatic carbocycles. The van der Waals surface area contributed by atoms with E-state index in [9.17, 15) is 9.59 Å². The highest BCUT2D eigenvalue weighted by molar-refractivity contribution is 6.02. The van der Waals surface area contributed by atoms with Gasteiger partial charge in [-0.05, 0) is 60.4 Å². The normalized spacial score (nSPS) is 12.4. The summed E-state index contributed by atoms with van der Waals surface area (Å²) in [5, 5.41) is 2.86. The summed E-state index contributed by atoms with van der Waals surface area (Å²) in [6, 6.07) is 25.9. The second-order valence-electron chi connectivity index (χ2n) is 8.35. The number of nitrogens with two attached hydrogens (primary N) is 2. The predicted molar refractivity (Wildman–Crippen MR) is 140 cm³/mol. The van der Waals surface area contributed by atoms with E-state index in [1.807, 2.05) is 36.4 Å². The summed E-state index contributed by atoms with van der Waals surface area (Å²) in [6.45, 7) is 0. The number of hydrogen-bond acceptors (Lipinski definition) is 6. The Kier molecular flexibility index (Phi) is 8.12. The maximum atomic E-state index is 13.4. The van der Waals surface area contributed by atoms with E-state index in [4.69, 9.17) is 11.5 Å². The maximum Gasteiger partial charge on any atom is 0.251 e. The molecule has 0 saturated carbocycles. The van der Waals surface area contributed by atoms with Crippen molar-refractivity contribution in [3.63, 3.8) is 0 Å². The minimum atomic E-state index is -0.861. The van der Waals surface area contributed by atoms with Gasteiger partial charge in [-0.15, -0.1) is 0 Å². The van der Waals surface area contributed by atoms with Crippen LogP contribution in [0.5, 0.6) is 0 Å². The van der Waals surface area contributed by atoms with Gasteiger partial charge in [0.25, 0.3) is 5.91 Å². The van der Waals surface area contributed by atoms with E-state index in [0.717, 1.165) is 11.1 Å². The SMILES string of the molecule is N[C@@H](Cc1ccccc1)C(=O)Nc1cccc(C[C@H](N)C(=O)N(c2ccccn2)c2ccccn2)c1. The van der Waals surface area contributed by atoms with Crippen LogP contribution >= 0.6 is 0 Å². The number of rotatable bonds is 9. The summed E-state index contributed by atoms with van der Waals surface area (Å²) in [6.07, 6.45) is 3.91. The molecular formula is C28H28N6O2. The lowest BCUT2D eigenvalue weighted by molar-refractivity contribution is -0.119. The van der Waals surface area contributed by atoms with Crippen LogP contribution in [-0.2, 0) is 22.4 Å². The number of benzene rings is 2. The van der Waals surface area contributed by atoms with Gasteiger partial charge in [0, 0.05) is 18.1 Å². The number of pyridine rings is 2. The van der Waals surface area contributed by atoms with Crippen LogP contribution in [0, 0.1) is 0 Å². The molecular weight excluding hydrogens is 452 g/mol.